The molecule has 2 heterocycles. The molecule has 4 unspecified atom stereocenters. The van der Waals surface area contributed by atoms with Gasteiger partial charge < -0.3 is 14.6 Å². The normalized spacial score (nSPS) is 39.1. The van der Waals surface area contributed by atoms with Gasteiger partial charge in [0.05, 0.1) is 25.6 Å². The molecule has 2 bridgehead atoms. The molecule has 0 aromatic heterocycles. The summed E-state index contributed by atoms with van der Waals surface area (Å²) in [6.45, 7) is 0.278. The quantitative estimate of drug-likeness (QED) is 0.705. The van der Waals surface area contributed by atoms with Crippen LogP contribution in [0.4, 0.5) is 0 Å². The summed E-state index contributed by atoms with van der Waals surface area (Å²) in [5, 5.41) is 9.34. The summed E-state index contributed by atoms with van der Waals surface area (Å²) in [4.78, 5) is 0. The predicted octanol–water partition coefficient (Wildman–Crippen LogP) is 1.71. The molecule has 0 aromatic rings. The van der Waals surface area contributed by atoms with Gasteiger partial charge in [-0.3, -0.25) is 0 Å². The van der Waals surface area contributed by atoms with Crippen molar-refractivity contribution in [3.63, 3.8) is 0 Å². The lowest BCUT2D eigenvalue weighted by Gasteiger charge is -2.25. The summed E-state index contributed by atoms with van der Waals surface area (Å²) in [7, 11) is 1.66. The van der Waals surface area contributed by atoms with Crippen molar-refractivity contribution in [1.82, 2.24) is 0 Å². The van der Waals surface area contributed by atoms with Crippen LogP contribution in [-0.2, 0) is 9.47 Å². The number of allylic oxidation sites excluding steroid dienone is 1. The zero-order chi connectivity index (χ0) is 10.7. The third-order valence-electron chi connectivity index (χ3n) is 3.70. The topological polar surface area (TPSA) is 38.7 Å². The number of aliphatic hydroxyl groups excluding tert-OH is 1. The highest BCUT2D eigenvalue weighted by Gasteiger charge is 2.47. The molecule has 0 aromatic carbocycles. The van der Waals surface area contributed by atoms with E-state index in [-0.39, 0.29) is 6.61 Å². The molecule has 0 saturated carbocycles. The van der Waals surface area contributed by atoms with Crippen molar-refractivity contribution < 1.29 is 14.6 Å². The Balaban J connectivity index is 1.83. The molecule has 2 fully saturated rings. The zero-order valence-corrected chi connectivity index (χ0v) is 9.26. The minimum Gasteiger partial charge on any atom is -0.505 e. The Labute approximate surface area is 91.1 Å². The van der Waals surface area contributed by atoms with E-state index in [2.05, 4.69) is 0 Å². The van der Waals surface area contributed by atoms with Crippen molar-refractivity contribution >= 4 is 0 Å². The van der Waals surface area contributed by atoms with Gasteiger partial charge in [-0.25, -0.2) is 0 Å². The number of ether oxygens (including phenoxy) is 2. The van der Waals surface area contributed by atoms with Gasteiger partial charge in [0.25, 0.3) is 0 Å². The van der Waals surface area contributed by atoms with Crippen LogP contribution in [-0.4, -0.2) is 31.0 Å². The van der Waals surface area contributed by atoms with Gasteiger partial charge in [-0.05, 0) is 37.7 Å². The van der Waals surface area contributed by atoms with Gasteiger partial charge in [0, 0.05) is 12.5 Å². The molecule has 2 aliphatic heterocycles. The average molecular weight is 212 g/mol. The first-order chi connectivity index (χ1) is 7.36. The summed E-state index contributed by atoms with van der Waals surface area (Å²) in [5.74, 6) is 0.926. The van der Waals surface area contributed by atoms with Gasteiger partial charge in [0.2, 0.25) is 0 Å². The molecule has 2 aliphatic rings. The molecule has 15 heavy (non-hydrogen) atoms. The second-order valence-electron chi connectivity index (χ2n) is 4.49. The average Bonchev–Trinajstić information content (AvgIpc) is 2.84. The first-order valence-corrected chi connectivity index (χ1v) is 5.81. The van der Waals surface area contributed by atoms with E-state index in [9.17, 15) is 5.11 Å². The molecular formula is C12H20O3. The Morgan fingerprint density at radius 2 is 2.07 bits per heavy atom. The number of fused-ring (bicyclic) bond motifs is 2. The van der Waals surface area contributed by atoms with Gasteiger partial charge in [-0.15, -0.1) is 0 Å². The monoisotopic (exact) mass is 212 g/mol. The Kier molecular flexibility index (Phi) is 3.65. The molecule has 4 atom stereocenters. The van der Waals surface area contributed by atoms with Crippen LogP contribution in [0.25, 0.3) is 0 Å². The SMILES string of the molecule is COC=CCCC1C2CCC(O2)C1CO. The molecular weight excluding hydrogens is 192 g/mol. The molecule has 0 spiro atoms. The fraction of sp³-hybridized carbons (Fsp3) is 0.833. The van der Waals surface area contributed by atoms with Crippen LogP contribution in [0, 0.1) is 11.8 Å². The van der Waals surface area contributed by atoms with Crippen molar-refractivity contribution in [3.8, 4) is 0 Å². The maximum Gasteiger partial charge on any atom is 0.0784 e. The van der Waals surface area contributed by atoms with E-state index < -0.39 is 0 Å². The van der Waals surface area contributed by atoms with Gasteiger partial charge in [-0.1, -0.05) is 0 Å². The first-order valence-electron chi connectivity index (χ1n) is 5.81. The van der Waals surface area contributed by atoms with E-state index in [1.54, 1.807) is 13.4 Å². The molecule has 3 heteroatoms. The molecule has 0 radical (unpaired) electrons. The molecule has 3 nitrogen and oxygen atoms in total. The maximum absolute atomic E-state index is 9.34. The van der Waals surface area contributed by atoms with E-state index in [1.165, 1.54) is 6.42 Å². The number of aliphatic hydroxyl groups is 1. The van der Waals surface area contributed by atoms with Gasteiger partial charge in [0.15, 0.2) is 0 Å². The van der Waals surface area contributed by atoms with Crippen LogP contribution < -0.4 is 0 Å². The highest BCUT2D eigenvalue weighted by molar-refractivity contribution is 4.96. The Morgan fingerprint density at radius 1 is 1.33 bits per heavy atom. The molecule has 0 amide bonds. The maximum atomic E-state index is 9.34. The van der Waals surface area contributed by atoms with Crippen LogP contribution in [0.1, 0.15) is 25.7 Å². The van der Waals surface area contributed by atoms with Crippen molar-refractivity contribution in [2.75, 3.05) is 13.7 Å². The summed E-state index contributed by atoms with van der Waals surface area (Å²) >= 11 is 0. The lowest BCUT2D eigenvalue weighted by Crippen LogP contribution is -2.29. The number of methoxy groups -OCH3 is 1. The first kappa shape index (κ1) is 11.0. The molecule has 1 N–H and O–H groups in total. The van der Waals surface area contributed by atoms with Crippen molar-refractivity contribution in [2.24, 2.45) is 11.8 Å². The minimum atomic E-state index is 0.278. The van der Waals surface area contributed by atoms with E-state index in [0.717, 1.165) is 19.3 Å². The van der Waals surface area contributed by atoms with E-state index >= 15 is 0 Å². The third-order valence-corrected chi connectivity index (χ3v) is 3.70. The lowest BCUT2D eigenvalue weighted by atomic mass is 9.77. The van der Waals surface area contributed by atoms with E-state index in [4.69, 9.17) is 9.47 Å². The highest BCUT2D eigenvalue weighted by Crippen LogP contribution is 2.45. The fourth-order valence-corrected chi connectivity index (χ4v) is 2.98. The van der Waals surface area contributed by atoms with Crippen LogP contribution >= 0.6 is 0 Å². The summed E-state index contributed by atoms with van der Waals surface area (Å²) in [6, 6.07) is 0. The van der Waals surface area contributed by atoms with Crippen LogP contribution in [0.2, 0.25) is 0 Å². The number of rotatable bonds is 5. The molecule has 0 aliphatic carbocycles. The Bertz CT molecular complexity index is 227. The van der Waals surface area contributed by atoms with Gasteiger partial charge >= 0.3 is 0 Å². The van der Waals surface area contributed by atoms with E-state index in [1.807, 2.05) is 6.08 Å². The van der Waals surface area contributed by atoms with Crippen LogP contribution in [0.5, 0.6) is 0 Å². The highest BCUT2D eigenvalue weighted by atomic mass is 16.5. The summed E-state index contributed by atoms with van der Waals surface area (Å²) in [5.41, 5.74) is 0. The standard InChI is InChI=1S/C12H20O3/c1-14-7-3-2-4-9-10(8-13)12-6-5-11(9)15-12/h3,7,9-13H,2,4-6,8H2,1H3. The minimum absolute atomic E-state index is 0.278. The number of hydrogen-bond donors (Lipinski definition) is 1. The third kappa shape index (κ3) is 2.18. The van der Waals surface area contributed by atoms with Crippen molar-refractivity contribution in [1.29, 1.82) is 0 Å². The summed E-state index contributed by atoms with van der Waals surface area (Å²) < 4.78 is 10.7. The Morgan fingerprint density at radius 3 is 2.73 bits per heavy atom. The van der Waals surface area contributed by atoms with E-state index in [0.29, 0.717) is 24.0 Å². The van der Waals surface area contributed by atoms with Crippen LogP contribution in [0.15, 0.2) is 12.3 Å². The molecule has 86 valence electrons. The second-order valence-corrected chi connectivity index (χ2v) is 4.49. The summed E-state index contributed by atoms with van der Waals surface area (Å²) in [6.07, 6.45) is 8.94. The number of hydrogen-bond acceptors (Lipinski definition) is 3. The molecule has 2 saturated heterocycles. The van der Waals surface area contributed by atoms with Gasteiger partial charge in [0.1, 0.15) is 0 Å². The Hall–Kier alpha value is -0.540. The lowest BCUT2D eigenvalue weighted by molar-refractivity contribution is 0.0785. The van der Waals surface area contributed by atoms with Gasteiger partial charge in [-0.2, -0.15) is 0 Å². The van der Waals surface area contributed by atoms with Crippen molar-refractivity contribution in [3.05, 3.63) is 12.3 Å². The predicted molar refractivity (Wildman–Crippen MR) is 57.3 cm³/mol. The molecule has 2 rings (SSSR count). The zero-order valence-electron chi connectivity index (χ0n) is 9.26. The van der Waals surface area contributed by atoms with Crippen molar-refractivity contribution in [2.45, 2.75) is 37.9 Å². The second kappa shape index (κ2) is 4.99. The van der Waals surface area contributed by atoms with Crippen LogP contribution in [0.3, 0.4) is 0 Å². The fourth-order valence-electron chi connectivity index (χ4n) is 2.98. The largest absolute Gasteiger partial charge is 0.505 e. The smallest absolute Gasteiger partial charge is 0.0784 e.